The van der Waals surface area contributed by atoms with E-state index < -0.39 is 29.8 Å². The molecule has 1 fully saturated rings. The number of halogens is 3. The van der Waals surface area contributed by atoms with Crippen LogP contribution in [-0.4, -0.2) is 37.9 Å². The van der Waals surface area contributed by atoms with E-state index in [4.69, 9.17) is 9.47 Å². The lowest BCUT2D eigenvalue weighted by Gasteiger charge is -2.14. The fraction of sp³-hybridized carbons (Fsp3) is 0.364. The molecule has 166 valence electrons. The molecule has 1 saturated heterocycles. The molecule has 9 heteroatoms. The summed E-state index contributed by atoms with van der Waals surface area (Å²) in [7, 11) is 0. The average Bonchev–Trinajstić information content (AvgIpc) is 3.24. The van der Waals surface area contributed by atoms with E-state index >= 15 is 0 Å². The van der Waals surface area contributed by atoms with Gasteiger partial charge in [-0.15, -0.1) is 0 Å². The molecule has 6 nitrogen and oxygen atoms in total. The molecule has 2 amide bonds. The van der Waals surface area contributed by atoms with Crippen LogP contribution in [0.3, 0.4) is 0 Å². The summed E-state index contributed by atoms with van der Waals surface area (Å²) in [6.07, 6.45) is -4.75. The molecule has 1 aliphatic heterocycles. The van der Waals surface area contributed by atoms with Gasteiger partial charge in [0.2, 0.25) is 5.91 Å². The summed E-state index contributed by atoms with van der Waals surface area (Å²) in [6, 6.07) is 10.3. The van der Waals surface area contributed by atoms with Gasteiger partial charge < -0.3 is 20.1 Å². The van der Waals surface area contributed by atoms with E-state index in [1.165, 1.54) is 6.07 Å². The first-order chi connectivity index (χ1) is 14.7. The fourth-order valence-corrected chi connectivity index (χ4v) is 3.16. The molecule has 1 heterocycles. The molecule has 0 unspecified atom stereocenters. The summed E-state index contributed by atoms with van der Waals surface area (Å²) in [5.41, 5.74) is 0.675. The second-order valence-corrected chi connectivity index (χ2v) is 7.15. The number of aryl methyl sites for hydroxylation is 2. The van der Waals surface area contributed by atoms with E-state index in [-0.39, 0.29) is 24.2 Å². The monoisotopic (exact) mass is 436 g/mol. The van der Waals surface area contributed by atoms with E-state index in [1.807, 2.05) is 31.2 Å². The van der Waals surface area contributed by atoms with Crippen molar-refractivity contribution in [3.8, 4) is 0 Å². The van der Waals surface area contributed by atoms with Gasteiger partial charge in [0.25, 0.3) is 5.91 Å². The molecule has 0 radical (unpaired) electrons. The average molecular weight is 436 g/mol. The fourth-order valence-electron chi connectivity index (χ4n) is 3.16. The largest absolute Gasteiger partial charge is 0.416 e. The van der Waals surface area contributed by atoms with Gasteiger partial charge in [0.15, 0.2) is 6.29 Å². The molecule has 0 saturated carbocycles. The van der Waals surface area contributed by atoms with E-state index in [0.717, 1.165) is 23.3 Å². The zero-order valence-electron chi connectivity index (χ0n) is 16.9. The highest BCUT2D eigenvalue weighted by Crippen LogP contribution is 2.32. The molecule has 2 N–H and O–H groups in total. The lowest BCUT2D eigenvalue weighted by atomic mass is 10.0. The van der Waals surface area contributed by atoms with Crippen LogP contribution in [0.4, 0.5) is 18.9 Å². The normalized spacial score (nSPS) is 14.5. The lowest BCUT2D eigenvalue weighted by molar-refractivity contribution is -0.137. The van der Waals surface area contributed by atoms with Gasteiger partial charge in [-0.2, -0.15) is 13.2 Å². The van der Waals surface area contributed by atoms with Crippen molar-refractivity contribution in [3.05, 3.63) is 64.7 Å². The van der Waals surface area contributed by atoms with Crippen molar-refractivity contribution in [1.29, 1.82) is 0 Å². The maximum Gasteiger partial charge on any atom is 0.416 e. The molecule has 0 atom stereocenters. The zero-order valence-corrected chi connectivity index (χ0v) is 16.9. The van der Waals surface area contributed by atoms with Gasteiger partial charge in [0.1, 0.15) is 0 Å². The molecule has 2 aromatic carbocycles. The third kappa shape index (κ3) is 6.53. The maximum atomic E-state index is 13.3. The topological polar surface area (TPSA) is 76.7 Å². The number of alkyl halides is 3. The van der Waals surface area contributed by atoms with Crippen molar-refractivity contribution in [1.82, 2.24) is 5.32 Å². The Hall–Kier alpha value is -2.91. The Bertz CT molecular complexity index is 941. The van der Waals surface area contributed by atoms with Crippen molar-refractivity contribution < 1.29 is 32.2 Å². The van der Waals surface area contributed by atoms with Crippen molar-refractivity contribution >= 4 is 17.5 Å². The van der Waals surface area contributed by atoms with Crippen LogP contribution < -0.4 is 10.6 Å². The number of hydrogen-bond acceptors (Lipinski definition) is 4. The first-order valence-electron chi connectivity index (χ1n) is 9.80. The molecule has 1 aliphatic rings. The third-order valence-electron chi connectivity index (χ3n) is 4.81. The quantitative estimate of drug-likeness (QED) is 0.694. The predicted octanol–water partition coefficient (Wildman–Crippen LogP) is 3.69. The molecular weight excluding hydrogens is 413 g/mol. The van der Waals surface area contributed by atoms with Crippen molar-refractivity contribution in [2.24, 2.45) is 0 Å². The Balaban J connectivity index is 1.69. The summed E-state index contributed by atoms with van der Waals surface area (Å²) >= 11 is 0. The SMILES string of the molecule is Cc1ccccc1CCC(=O)Nc1cc(C(=O)NCC2OCCO2)cc(C(F)(F)F)c1. The molecule has 0 aromatic heterocycles. The van der Waals surface area contributed by atoms with Crippen LogP contribution in [0.15, 0.2) is 42.5 Å². The van der Waals surface area contributed by atoms with Gasteiger partial charge in [-0.25, -0.2) is 0 Å². The van der Waals surface area contributed by atoms with E-state index in [2.05, 4.69) is 10.6 Å². The van der Waals surface area contributed by atoms with E-state index in [1.54, 1.807) is 0 Å². The Labute approximate surface area is 177 Å². The number of anilines is 1. The highest BCUT2D eigenvalue weighted by Gasteiger charge is 2.32. The third-order valence-corrected chi connectivity index (χ3v) is 4.81. The second-order valence-electron chi connectivity index (χ2n) is 7.15. The molecule has 0 aliphatic carbocycles. The second kappa shape index (κ2) is 9.93. The number of carbonyl (C=O) groups is 2. The Morgan fingerprint density at radius 1 is 1.10 bits per heavy atom. The Morgan fingerprint density at radius 3 is 2.48 bits per heavy atom. The maximum absolute atomic E-state index is 13.3. The molecule has 3 rings (SSSR count). The number of hydrogen-bond donors (Lipinski definition) is 2. The summed E-state index contributed by atoms with van der Waals surface area (Å²) in [6.45, 7) is 2.71. The van der Waals surface area contributed by atoms with Gasteiger partial charge in [-0.3, -0.25) is 9.59 Å². The summed E-state index contributed by atoms with van der Waals surface area (Å²) in [5, 5.41) is 4.95. The highest BCUT2D eigenvalue weighted by atomic mass is 19.4. The summed E-state index contributed by atoms with van der Waals surface area (Å²) in [5.74, 6) is -1.16. The number of benzene rings is 2. The van der Waals surface area contributed by atoms with Gasteiger partial charge in [0, 0.05) is 17.7 Å². The van der Waals surface area contributed by atoms with Crippen LogP contribution in [0.1, 0.15) is 33.5 Å². The van der Waals surface area contributed by atoms with Gasteiger partial charge in [-0.05, 0) is 42.7 Å². The van der Waals surface area contributed by atoms with Crippen LogP contribution in [0.25, 0.3) is 0 Å². The van der Waals surface area contributed by atoms with Gasteiger partial charge in [0.05, 0.1) is 25.3 Å². The standard InChI is InChI=1S/C22H23F3N2O4/c1-14-4-2-3-5-15(14)6-7-19(28)27-18-11-16(10-17(12-18)22(23,24)25)21(29)26-13-20-30-8-9-31-20/h2-5,10-12,20H,6-9,13H2,1H3,(H,26,29)(H,27,28). The van der Waals surface area contributed by atoms with Crippen LogP contribution in [-0.2, 0) is 26.9 Å². The van der Waals surface area contributed by atoms with Crippen LogP contribution in [0.5, 0.6) is 0 Å². The number of ether oxygens (including phenoxy) is 2. The minimum Gasteiger partial charge on any atom is -0.348 e. The molecule has 31 heavy (non-hydrogen) atoms. The van der Waals surface area contributed by atoms with Crippen LogP contribution in [0, 0.1) is 6.92 Å². The van der Waals surface area contributed by atoms with E-state index in [9.17, 15) is 22.8 Å². The summed E-state index contributed by atoms with van der Waals surface area (Å²) < 4.78 is 50.3. The minimum absolute atomic E-state index is 0.00714. The minimum atomic E-state index is -4.67. The van der Waals surface area contributed by atoms with Gasteiger partial charge >= 0.3 is 6.18 Å². The molecule has 2 aromatic rings. The highest BCUT2D eigenvalue weighted by molar-refractivity contribution is 5.97. The zero-order chi connectivity index (χ0) is 22.4. The number of rotatable bonds is 7. The Kier molecular flexibility index (Phi) is 7.29. The van der Waals surface area contributed by atoms with Crippen molar-refractivity contribution in [2.45, 2.75) is 32.2 Å². The smallest absolute Gasteiger partial charge is 0.348 e. The molecule has 0 spiro atoms. The molecular formula is C22H23F3N2O4. The number of carbonyl (C=O) groups excluding carboxylic acids is 2. The van der Waals surface area contributed by atoms with Crippen LogP contribution >= 0.6 is 0 Å². The predicted molar refractivity (Wildman–Crippen MR) is 108 cm³/mol. The molecule has 0 bridgehead atoms. The first kappa shape index (κ1) is 22.8. The lowest BCUT2D eigenvalue weighted by Crippen LogP contribution is -2.32. The number of nitrogens with one attached hydrogen (secondary N) is 2. The van der Waals surface area contributed by atoms with E-state index in [0.29, 0.717) is 19.6 Å². The summed E-state index contributed by atoms with van der Waals surface area (Å²) in [4.78, 5) is 24.7. The Morgan fingerprint density at radius 2 is 1.81 bits per heavy atom. The van der Waals surface area contributed by atoms with Crippen LogP contribution in [0.2, 0.25) is 0 Å². The van der Waals surface area contributed by atoms with Crippen molar-refractivity contribution in [2.75, 3.05) is 25.1 Å². The first-order valence-corrected chi connectivity index (χ1v) is 9.80. The van der Waals surface area contributed by atoms with Crippen molar-refractivity contribution in [3.63, 3.8) is 0 Å². The van der Waals surface area contributed by atoms with Gasteiger partial charge in [-0.1, -0.05) is 24.3 Å². The number of amides is 2.